The van der Waals surface area contributed by atoms with E-state index >= 15 is 0 Å². The molecule has 1 N–H and O–H groups in total. The summed E-state index contributed by atoms with van der Waals surface area (Å²) >= 11 is 0. The van der Waals surface area contributed by atoms with Gasteiger partial charge in [-0.1, -0.05) is 0 Å². The van der Waals surface area contributed by atoms with Crippen LogP contribution in [0.5, 0.6) is 0 Å². The quantitative estimate of drug-likeness (QED) is 0.747. The molecule has 14 heavy (non-hydrogen) atoms. The van der Waals surface area contributed by atoms with Crippen LogP contribution in [0.25, 0.3) is 0 Å². The molecule has 1 aliphatic rings. The van der Waals surface area contributed by atoms with Crippen LogP contribution in [0.2, 0.25) is 0 Å². The van der Waals surface area contributed by atoms with Crippen molar-refractivity contribution in [1.29, 1.82) is 0 Å². The maximum absolute atomic E-state index is 10.9. The van der Waals surface area contributed by atoms with Crippen molar-refractivity contribution in [3.63, 3.8) is 0 Å². The average molecular weight is 194 g/mol. The first-order valence-electron chi connectivity index (χ1n) is 4.39. The summed E-state index contributed by atoms with van der Waals surface area (Å²) in [6.45, 7) is 0.478. The fourth-order valence-corrected chi connectivity index (χ4v) is 1.60. The summed E-state index contributed by atoms with van der Waals surface area (Å²) in [5.41, 5.74) is 0.643. The van der Waals surface area contributed by atoms with Gasteiger partial charge in [-0.3, -0.25) is 4.79 Å². The standard InChI is InChI=1S/C9H10N2O3/c12-9(13)6-2-4-14-8(6)7-1-3-10-5-11-7/h1,3,5-6,8H,2,4H2,(H,12,13). The van der Waals surface area contributed by atoms with Crippen LogP contribution in [-0.2, 0) is 9.53 Å². The van der Waals surface area contributed by atoms with Crippen molar-refractivity contribution < 1.29 is 14.6 Å². The molecule has 1 aromatic rings. The Labute approximate surface area is 80.8 Å². The molecule has 1 aromatic heterocycles. The van der Waals surface area contributed by atoms with Crippen molar-refractivity contribution in [3.05, 3.63) is 24.3 Å². The number of hydrogen-bond donors (Lipinski definition) is 1. The Morgan fingerprint density at radius 1 is 1.64 bits per heavy atom. The molecular formula is C9H10N2O3. The van der Waals surface area contributed by atoms with Crippen LogP contribution >= 0.6 is 0 Å². The van der Waals surface area contributed by atoms with Gasteiger partial charge in [-0.25, -0.2) is 9.97 Å². The Hall–Kier alpha value is -1.49. The van der Waals surface area contributed by atoms with Gasteiger partial charge in [0.1, 0.15) is 12.4 Å². The highest BCUT2D eigenvalue weighted by Crippen LogP contribution is 2.33. The van der Waals surface area contributed by atoms with E-state index in [1.165, 1.54) is 6.33 Å². The number of ether oxygens (including phenoxy) is 1. The topological polar surface area (TPSA) is 72.3 Å². The van der Waals surface area contributed by atoms with E-state index in [4.69, 9.17) is 9.84 Å². The fourth-order valence-electron chi connectivity index (χ4n) is 1.60. The van der Waals surface area contributed by atoms with Gasteiger partial charge in [0.2, 0.25) is 0 Å². The SMILES string of the molecule is O=C(O)C1CCOC1c1ccncn1. The normalized spacial score (nSPS) is 26.3. The molecule has 2 unspecified atom stereocenters. The Kier molecular flexibility index (Phi) is 2.41. The first-order chi connectivity index (χ1) is 6.79. The molecule has 1 fully saturated rings. The average Bonchev–Trinajstić information content (AvgIpc) is 2.67. The van der Waals surface area contributed by atoms with E-state index in [9.17, 15) is 4.79 Å². The molecule has 74 valence electrons. The van der Waals surface area contributed by atoms with Crippen LogP contribution in [0.1, 0.15) is 18.2 Å². The zero-order valence-corrected chi connectivity index (χ0v) is 7.46. The minimum Gasteiger partial charge on any atom is -0.481 e. The number of carbonyl (C=O) groups is 1. The van der Waals surface area contributed by atoms with Gasteiger partial charge in [0.15, 0.2) is 0 Å². The number of hydrogen-bond acceptors (Lipinski definition) is 4. The minimum absolute atomic E-state index is 0.421. The maximum Gasteiger partial charge on any atom is 0.309 e. The Balaban J connectivity index is 2.22. The van der Waals surface area contributed by atoms with E-state index in [-0.39, 0.29) is 0 Å². The van der Waals surface area contributed by atoms with E-state index in [1.807, 2.05) is 0 Å². The van der Waals surface area contributed by atoms with Gasteiger partial charge in [0.25, 0.3) is 0 Å². The minimum atomic E-state index is -0.828. The summed E-state index contributed by atoms with van der Waals surface area (Å²) in [5, 5.41) is 8.92. The van der Waals surface area contributed by atoms with Crippen molar-refractivity contribution in [1.82, 2.24) is 9.97 Å². The number of aromatic nitrogens is 2. The molecule has 2 atom stereocenters. The zero-order valence-electron chi connectivity index (χ0n) is 7.46. The van der Waals surface area contributed by atoms with Gasteiger partial charge in [0, 0.05) is 12.8 Å². The molecular weight excluding hydrogens is 184 g/mol. The summed E-state index contributed by atoms with van der Waals surface area (Å²) in [7, 11) is 0. The molecule has 0 spiro atoms. The summed E-state index contributed by atoms with van der Waals surface area (Å²) in [6.07, 6.45) is 3.11. The van der Waals surface area contributed by atoms with E-state index in [0.717, 1.165) is 0 Å². The predicted octanol–water partition coefficient (Wildman–Crippen LogP) is 0.639. The van der Waals surface area contributed by atoms with E-state index in [2.05, 4.69) is 9.97 Å². The molecule has 1 aliphatic heterocycles. The third kappa shape index (κ3) is 1.58. The lowest BCUT2D eigenvalue weighted by atomic mass is 9.99. The molecule has 0 radical (unpaired) electrons. The molecule has 0 bridgehead atoms. The van der Waals surface area contributed by atoms with Crippen LogP contribution in [0.15, 0.2) is 18.6 Å². The van der Waals surface area contributed by atoms with E-state index < -0.39 is 18.0 Å². The predicted molar refractivity (Wildman–Crippen MR) is 46.5 cm³/mol. The van der Waals surface area contributed by atoms with Crippen LogP contribution < -0.4 is 0 Å². The number of carboxylic acids is 1. The molecule has 5 nitrogen and oxygen atoms in total. The van der Waals surface area contributed by atoms with E-state index in [1.54, 1.807) is 12.3 Å². The molecule has 0 amide bonds. The Morgan fingerprint density at radius 2 is 2.50 bits per heavy atom. The first-order valence-corrected chi connectivity index (χ1v) is 4.39. The Bertz CT molecular complexity index is 328. The second-order valence-corrected chi connectivity index (χ2v) is 3.16. The highest BCUT2D eigenvalue weighted by atomic mass is 16.5. The third-order valence-corrected chi connectivity index (χ3v) is 2.31. The van der Waals surface area contributed by atoms with Crippen LogP contribution in [0, 0.1) is 5.92 Å². The van der Waals surface area contributed by atoms with Crippen molar-refractivity contribution in [2.45, 2.75) is 12.5 Å². The molecule has 0 aliphatic carbocycles. The largest absolute Gasteiger partial charge is 0.481 e. The lowest BCUT2D eigenvalue weighted by Crippen LogP contribution is -2.18. The number of nitrogens with zero attached hydrogens (tertiary/aromatic N) is 2. The highest BCUT2D eigenvalue weighted by molar-refractivity contribution is 5.71. The number of carboxylic acid groups (broad SMARTS) is 1. The van der Waals surface area contributed by atoms with Gasteiger partial charge < -0.3 is 9.84 Å². The molecule has 1 saturated heterocycles. The van der Waals surface area contributed by atoms with E-state index in [0.29, 0.717) is 18.7 Å². The van der Waals surface area contributed by atoms with Crippen molar-refractivity contribution in [2.75, 3.05) is 6.61 Å². The molecule has 2 heterocycles. The summed E-state index contributed by atoms with van der Waals surface area (Å²) < 4.78 is 5.34. The van der Waals surface area contributed by atoms with Crippen LogP contribution in [0.4, 0.5) is 0 Å². The van der Waals surface area contributed by atoms with Gasteiger partial charge in [-0.2, -0.15) is 0 Å². The highest BCUT2D eigenvalue weighted by Gasteiger charge is 2.35. The molecule has 0 aromatic carbocycles. The molecule has 0 saturated carbocycles. The fraction of sp³-hybridized carbons (Fsp3) is 0.444. The molecule has 2 rings (SSSR count). The van der Waals surface area contributed by atoms with Gasteiger partial charge in [-0.15, -0.1) is 0 Å². The Morgan fingerprint density at radius 3 is 3.14 bits per heavy atom. The summed E-state index contributed by atoms with van der Waals surface area (Å²) in [4.78, 5) is 18.6. The lowest BCUT2D eigenvalue weighted by molar-refractivity contribution is -0.143. The summed E-state index contributed by atoms with van der Waals surface area (Å²) in [5.74, 6) is -1.31. The van der Waals surface area contributed by atoms with Gasteiger partial charge in [0.05, 0.1) is 11.6 Å². The number of rotatable bonds is 2. The smallest absolute Gasteiger partial charge is 0.309 e. The van der Waals surface area contributed by atoms with Crippen LogP contribution in [-0.4, -0.2) is 27.7 Å². The first kappa shape index (κ1) is 9.08. The summed E-state index contributed by atoms with van der Waals surface area (Å²) in [6, 6.07) is 1.69. The van der Waals surface area contributed by atoms with Gasteiger partial charge in [-0.05, 0) is 12.5 Å². The van der Waals surface area contributed by atoms with Crippen molar-refractivity contribution in [3.8, 4) is 0 Å². The monoisotopic (exact) mass is 194 g/mol. The lowest BCUT2D eigenvalue weighted by Gasteiger charge is -2.13. The zero-order chi connectivity index (χ0) is 9.97. The molecule has 5 heteroatoms. The second kappa shape index (κ2) is 3.71. The van der Waals surface area contributed by atoms with Crippen molar-refractivity contribution >= 4 is 5.97 Å². The maximum atomic E-state index is 10.9. The second-order valence-electron chi connectivity index (χ2n) is 3.16. The van der Waals surface area contributed by atoms with Crippen LogP contribution in [0.3, 0.4) is 0 Å². The third-order valence-electron chi connectivity index (χ3n) is 2.31. The van der Waals surface area contributed by atoms with Gasteiger partial charge >= 0.3 is 5.97 Å². The number of aliphatic carboxylic acids is 1. The van der Waals surface area contributed by atoms with Crippen molar-refractivity contribution in [2.24, 2.45) is 5.92 Å².